The predicted molar refractivity (Wildman–Crippen MR) is 123 cm³/mol. The van der Waals surface area contributed by atoms with Crippen molar-refractivity contribution in [1.29, 1.82) is 0 Å². The van der Waals surface area contributed by atoms with Crippen LogP contribution in [-0.2, 0) is 4.79 Å². The summed E-state index contributed by atoms with van der Waals surface area (Å²) in [6.07, 6.45) is 1.77. The fourth-order valence-electron chi connectivity index (χ4n) is 3.40. The zero-order valence-corrected chi connectivity index (χ0v) is 18.3. The zero-order valence-electron chi connectivity index (χ0n) is 16.8. The molecule has 2 aliphatic heterocycles. The summed E-state index contributed by atoms with van der Waals surface area (Å²) in [6, 6.07) is 11.1. The molecule has 2 aromatic carbocycles. The Morgan fingerprint density at radius 1 is 1.13 bits per heavy atom. The van der Waals surface area contributed by atoms with Gasteiger partial charge in [0.05, 0.1) is 12.0 Å². The van der Waals surface area contributed by atoms with Crippen LogP contribution in [0, 0.1) is 6.92 Å². The molecule has 1 fully saturated rings. The van der Waals surface area contributed by atoms with Gasteiger partial charge in [-0.15, -0.1) is 0 Å². The fraction of sp³-hybridized carbons (Fsp3) is 0.273. The van der Waals surface area contributed by atoms with Crippen LogP contribution in [0.4, 0.5) is 5.69 Å². The summed E-state index contributed by atoms with van der Waals surface area (Å²) in [4.78, 5) is 21.7. The quantitative estimate of drug-likeness (QED) is 0.719. The topological polar surface area (TPSA) is 65.4 Å². The summed E-state index contributed by atoms with van der Waals surface area (Å²) in [5.74, 6) is 0.192. The first-order valence-electron chi connectivity index (χ1n) is 9.60. The molecule has 4 rings (SSSR count). The minimum atomic E-state index is -0.241. The summed E-state index contributed by atoms with van der Waals surface area (Å²) in [6.45, 7) is 5.23. The third-order valence-corrected chi connectivity index (χ3v) is 6.63. The number of halogens is 1. The minimum absolute atomic E-state index is 0.0646. The van der Waals surface area contributed by atoms with Crippen molar-refractivity contribution in [2.24, 2.45) is 4.99 Å². The first kappa shape index (κ1) is 20.6. The number of methoxy groups -OCH3 is 1. The number of phenolic OH excluding ortho intramolecular Hbond substituents is 1. The maximum atomic E-state index is 12.4. The van der Waals surface area contributed by atoms with E-state index in [1.807, 2.05) is 19.1 Å². The van der Waals surface area contributed by atoms with Gasteiger partial charge in [-0.2, -0.15) is 4.99 Å². The lowest BCUT2D eigenvalue weighted by molar-refractivity contribution is -0.113. The number of rotatable bonds is 3. The molecule has 0 radical (unpaired) electrons. The lowest BCUT2D eigenvalue weighted by atomic mass is 10.2. The first-order valence-corrected chi connectivity index (χ1v) is 10.8. The normalized spacial score (nSPS) is 18.2. The standard InChI is InChI=1S/C22H22ClN3O3S/c1-14-3-5-16(13-17(14)23)25-7-9-26(10-8-25)22-24-21(28)20(30-22)12-15-4-6-18(27)19(11-15)29-2/h3-6,11-13,27H,7-10H2,1-2H3/b20-12-. The number of carbonyl (C=O) groups is 1. The van der Waals surface area contributed by atoms with Crippen molar-refractivity contribution in [3.63, 3.8) is 0 Å². The smallest absolute Gasteiger partial charge is 0.286 e. The van der Waals surface area contributed by atoms with E-state index in [0.717, 1.165) is 53.2 Å². The second-order valence-electron chi connectivity index (χ2n) is 7.15. The van der Waals surface area contributed by atoms with E-state index >= 15 is 0 Å². The number of benzene rings is 2. The van der Waals surface area contributed by atoms with E-state index in [1.54, 1.807) is 24.3 Å². The fourth-order valence-corrected chi connectivity index (χ4v) is 4.54. The number of amides is 1. The Morgan fingerprint density at radius 3 is 2.57 bits per heavy atom. The van der Waals surface area contributed by atoms with Crippen molar-refractivity contribution in [2.75, 3.05) is 38.2 Å². The highest BCUT2D eigenvalue weighted by atomic mass is 35.5. The number of hydrogen-bond acceptors (Lipinski definition) is 6. The molecule has 1 amide bonds. The van der Waals surface area contributed by atoms with Crippen LogP contribution in [0.2, 0.25) is 5.02 Å². The molecular formula is C22H22ClN3O3S. The van der Waals surface area contributed by atoms with E-state index in [4.69, 9.17) is 16.3 Å². The number of carbonyl (C=O) groups excluding carboxylic acids is 1. The molecule has 0 aliphatic carbocycles. The van der Waals surface area contributed by atoms with Crippen molar-refractivity contribution in [3.8, 4) is 11.5 Å². The number of anilines is 1. The number of thioether (sulfide) groups is 1. The molecule has 1 saturated heterocycles. The van der Waals surface area contributed by atoms with Crippen molar-refractivity contribution in [1.82, 2.24) is 4.90 Å². The molecule has 30 heavy (non-hydrogen) atoms. The summed E-state index contributed by atoms with van der Waals surface area (Å²) in [5, 5.41) is 11.2. The summed E-state index contributed by atoms with van der Waals surface area (Å²) in [7, 11) is 1.49. The van der Waals surface area contributed by atoms with Crippen LogP contribution >= 0.6 is 23.4 Å². The van der Waals surface area contributed by atoms with E-state index in [0.29, 0.717) is 10.7 Å². The summed E-state index contributed by atoms with van der Waals surface area (Å²) in [5.41, 5.74) is 2.96. The highest BCUT2D eigenvalue weighted by Crippen LogP contribution is 2.33. The van der Waals surface area contributed by atoms with Crippen molar-refractivity contribution in [3.05, 3.63) is 57.5 Å². The lowest BCUT2D eigenvalue weighted by Crippen LogP contribution is -2.47. The average Bonchev–Trinajstić information content (AvgIpc) is 3.12. The van der Waals surface area contributed by atoms with Crippen LogP contribution in [0.5, 0.6) is 11.5 Å². The number of amidine groups is 1. The Balaban J connectivity index is 1.41. The largest absolute Gasteiger partial charge is 0.504 e. The van der Waals surface area contributed by atoms with Gasteiger partial charge in [-0.25, -0.2) is 0 Å². The molecule has 2 aromatic rings. The number of phenols is 1. The average molecular weight is 444 g/mol. The number of aromatic hydroxyl groups is 1. The van der Waals surface area contributed by atoms with Crippen LogP contribution in [0.3, 0.4) is 0 Å². The number of nitrogens with zero attached hydrogens (tertiary/aromatic N) is 3. The highest BCUT2D eigenvalue weighted by molar-refractivity contribution is 8.18. The second kappa shape index (κ2) is 8.62. The maximum absolute atomic E-state index is 12.4. The Bertz CT molecular complexity index is 1050. The van der Waals surface area contributed by atoms with Gasteiger partial charge < -0.3 is 19.6 Å². The molecule has 0 aromatic heterocycles. The molecule has 0 unspecified atom stereocenters. The van der Waals surface area contributed by atoms with Crippen LogP contribution in [0.15, 0.2) is 46.3 Å². The van der Waals surface area contributed by atoms with E-state index in [2.05, 4.69) is 20.9 Å². The molecule has 0 bridgehead atoms. The van der Waals surface area contributed by atoms with E-state index in [1.165, 1.54) is 18.9 Å². The molecule has 2 aliphatic rings. The van der Waals surface area contributed by atoms with Gasteiger partial charge in [0.25, 0.3) is 5.91 Å². The number of aliphatic imine (C=N–C) groups is 1. The van der Waals surface area contributed by atoms with Crippen molar-refractivity contribution < 1.29 is 14.6 Å². The Morgan fingerprint density at radius 2 is 1.87 bits per heavy atom. The third kappa shape index (κ3) is 4.27. The SMILES string of the molecule is COc1cc(/C=C2\SC(N3CCN(c4ccc(C)c(Cl)c4)CC3)=NC2=O)ccc1O. The van der Waals surface area contributed by atoms with Crippen LogP contribution < -0.4 is 9.64 Å². The van der Waals surface area contributed by atoms with Gasteiger partial charge in [0, 0.05) is 36.9 Å². The molecule has 1 N–H and O–H groups in total. The number of ether oxygens (including phenoxy) is 1. The number of piperazine rings is 1. The van der Waals surface area contributed by atoms with Gasteiger partial charge in [0.1, 0.15) is 0 Å². The van der Waals surface area contributed by atoms with E-state index in [-0.39, 0.29) is 11.7 Å². The summed E-state index contributed by atoms with van der Waals surface area (Å²) >= 11 is 7.65. The summed E-state index contributed by atoms with van der Waals surface area (Å²) < 4.78 is 5.13. The number of hydrogen-bond donors (Lipinski definition) is 1. The lowest BCUT2D eigenvalue weighted by Gasteiger charge is -2.36. The van der Waals surface area contributed by atoms with E-state index in [9.17, 15) is 9.90 Å². The zero-order chi connectivity index (χ0) is 21.3. The first-order chi connectivity index (χ1) is 14.4. The molecule has 2 heterocycles. The van der Waals surface area contributed by atoms with Gasteiger partial charge >= 0.3 is 0 Å². The molecule has 8 heteroatoms. The molecule has 0 spiro atoms. The predicted octanol–water partition coefficient (Wildman–Crippen LogP) is 4.16. The molecule has 156 valence electrons. The van der Waals surface area contributed by atoms with Gasteiger partial charge in [-0.3, -0.25) is 4.79 Å². The Kier molecular flexibility index (Phi) is 5.92. The maximum Gasteiger partial charge on any atom is 0.286 e. The van der Waals surface area contributed by atoms with Gasteiger partial charge in [-0.1, -0.05) is 23.7 Å². The van der Waals surface area contributed by atoms with Crippen LogP contribution in [-0.4, -0.2) is 54.4 Å². The monoisotopic (exact) mass is 443 g/mol. The van der Waals surface area contributed by atoms with Crippen molar-refractivity contribution in [2.45, 2.75) is 6.92 Å². The molecule has 6 nitrogen and oxygen atoms in total. The molecule has 0 saturated carbocycles. The second-order valence-corrected chi connectivity index (χ2v) is 8.57. The molecule has 0 atom stereocenters. The van der Waals surface area contributed by atoms with Gasteiger partial charge in [0.2, 0.25) is 0 Å². The van der Waals surface area contributed by atoms with Crippen molar-refractivity contribution >= 4 is 46.2 Å². The Labute approximate surface area is 184 Å². The van der Waals surface area contributed by atoms with Gasteiger partial charge in [-0.05, 0) is 60.2 Å². The van der Waals surface area contributed by atoms with Crippen LogP contribution in [0.1, 0.15) is 11.1 Å². The highest BCUT2D eigenvalue weighted by Gasteiger charge is 2.28. The van der Waals surface area contributed by atoms with Crippen LogP contribution in [0.25, 0.3) is 6.08 Å². The Hall–Kier alpha value is -2.64. The minimum Gasteiger partial charge on any atom is -0.504 e. The molecular weight excluding hydrogens is 422 g/mol. The number of aryl methyl sites for hydroxylation is 1. The van der Waals surface area contributed by atoms with Gasteiger partial charge in [0.15, 0.2) is 16.7 Å². The van der Waals surface area contributed by atoms with E-state index < -0.39 is 0 Å². The third-order valence-electron chi connectivity index (χ3n) is 5.18.